The van der Waals surface area contributed by atoms with Crippen molar-refractivity contribution < 1.29 is 14.4 Å². The van der Waals surface area contributed by atoms with Crippen molar-refractivity contribution in [3.63, 3.8) is 0 Å². The average molecular weight is 199 g/mol. The molecule has 1 unspecified atom stereocenters. The SMILES string of the molecule is Cc1ccc(C(C)N(N)C(=O)NO)o1. The van der Waals surface area contributed by atoms with E-state index in [0.717, 1.165) is 10.8 Å². The van der Waals surface area contributed by atoms with Crippen LogP contribution in [-0.4, -0.2) is 16.2 Å². The lowest BCUT2D eigenvalue weighted by Crippen LogP contribution is -2.44. The van der Waals surface area contributed by atoms with Crippen molar-refractivity contribution in [1.82, 2.24) is 10.5 Å². The van der Waals surface area contributed by atoms with Crippen molar-refractivity contribution in [2.24, 2.45) is 5.84 Å². The van der Waals surface area contributed by atoms with E-state index in [1.165, 1.54) is 5.48 Å². The number of rotatable bonds is 2. The van der Waals surface area contributed by atoms with E-state index in [4.69, 9.17) is 15.5 Å². The molecular weight excluding hydrogens is 186 g/mol. The maximum absolute atomic E-state index is 10.9. The average Bonchev–Trinajstić information content (AvgIpc) is 2.61. The normalized spacial score (nSPS) is 12.3. The van der Waals surface area contributed by atoms with Gasteiger partial charge in [0.2, 0.25) is 0 Å². The molecule has 4 N–H and O–H groups in total. The Morgan fingerprint density at radius 3 is 2.79 bits per heavy atom. The zero-order valence-electron chi connectivity index (χ0n) is 8.02. The third-order valence-electron chi connectivity index (χ3n) is 1.92. The summed E-state index contributed by atoms with van der Waals surface area (Å²) in [4.78, 5) is 10.9. The number of hydroxylamine groups is 1. The number of hydrogen-bond acceptors (Lipinski definition) is 4. The molecule has 6 heteroatoms. The minimum absolute atomic E-state index is 0.434. The number of amides is 2. The highest BCUT2D eigenvalue weighted by Gasteiger charge is 2.20. The quantitative estimate of drug-likeness (QED) is 0.286. The predicted molar refractivity (Wildman–Crippen MR) is 48.2 cm³/mol. The van der Waals surface area contributed by atoms with Gasteiger partial charge in [0.1, 0.15) is 17.6 Å². The van der Waals surface area contributed by atoms with Gasteiger partial charge in [-0.3, -0.25) is 10.2 Å². The molecular formula is C8H13N3O3. The molecule has 0 radical (unpaired) electrons. The molecule has 0 bridgehead atoms. The molecule has 1 atom stereocenters. The number of nitrogens with zero attached hydrogens (tertiary/aromatic N) is 1. The van der Waals surface area contributed by atoms with E-state index in [1.807, 2.05) is 0 Å². The van der Waals surface area contributed by atoms with Crippen molar-refractivity contribution in [3.8, 4) is 0 Å². The monoisotopic (exact) mass is 199 g/mol. The summed E-state index contributed by atoms with van der Waals surface area (Å²) in [5.41, 5.74) is 1.44. The summed E-state index contributed by atoms with van der Waals surface area (Å²) in [5.74, 6) is 6.72. The van der Waals surface area contributed by atoms with Crippen molar-refractivity contribution in [3.05, 3.63) is 23.7 Å². The highest BCUT2D eigenvalue weighted by Crippen LogP contribution is 2.19. The summed E-state index contributed by atoms with van der Waals surface area (Å²) in [5, 5.41) is 9.20. The molecule has 1 aromatic heterocycles. The van der Waals surface area contributed by atoms with Gasteiger partial charge >= 0.3 is 6.03 Å². The first-order valence-electron chi connectivity index (χ1n) is 4.10. The van der Waals surface area contributed by atoms with Gasteiger partial charge in [-0.05, 0) is 26.0 Å². The molecule has 1 heterocycles. The van der Waals surface area contributed by atoms with Crippen LogP contribution in [0, 0.1) is 6.92 Å². The lowest BCUT2D eigenvalue weighted by molar-refractivity contribution is 0.113. The number of urea groups is 1. The van der Waals surface area contributed by atoms with E-state index >= 15 is 0 Å². The van der Waals surface area contributed by atoms with E-state index in [2.05, 4.69) is 0 Å². The lowest BCUT2D eigenvalue weighted by Gasteiger charge is -2.21. The number of aryl methyl sites for hydroxylation is 1. The summed E-state index contributed by atoms with van der Waals surface area (Å²) >= 11 is 0. The van der Waals surface area contributed by atoms with E-state index in [1.54, 1.807) is 26.0 Å². The number of carbonyl (C=O) groups excluding carboxylic acids is 1. The summed E-state index contributed by atoms with van der Waals surface area (Å²) in [6.45, 7) is 3.48. The predicted octanol–water partition coefficient (Wildman–Crippen LogP) is 0.924. The standard InChI is InChI=1S/C8H13N3O3/c1-5-3-4-7(14-5)6(2)11(9)8(12)10-13/h3-4,6,13H,9H2,1-2H3,(H,10,12). The Morgan fingerprint density at radius 1 is 1.71 bits per heavy atom. The second-order valence-corrected chi connectivity index (χ2v) is 2.95. The molecule has 1 rings (SSSR count). The van der Waals surface area contributed by atoms with Crippen molar-refractivity contribution in [2.45, 2.75) is 19.9 Å². The first-order valence-corrected chi connectivity index (χ1v) is 4.10. The fourth-order valence-corrected chi connectivity index (χ4v) is 1.05. The van der Waals surface area contributed by atoms with E-state index in [-0.39, 0.29) is 0 Å². The van der Waals surface area contributed by atoms with Gasteiger partial charge in [-0.25, -0.2) is 16.1 Å². The highest BCUT2D eigenvalue weighted by molar-refractivity contribution is 5.72. The van der Waals surface area contributed by atoms with Crippen LogP contribution in [0.25, 0.3) is 0 Å². The molecule has 0 saturated carbocycles. The van der Waals surface area contributed by atoms with Crippen LogP contribution in [0.5, 0.6) is 0 Å². The molecule has 0 aliphatic carbocycles. The summed E-state index contributed by atoms with van der Waals surface area (Å²) in [6, 6.07) is 2.28. The second kappa shape index (κ2) is 4.12. The van der Waals surface area contributed by atoms with Gasteiger partial charge in [0, 0.05) is 0 Å². The van der Waals surface area contributed by atoms with Gasteiger partial charge in [-0.2, -0.15) is 0 Å². The van der Waals surface area contributed by atoms with Crippen LogP contribution in [0.4, 0.5) is 4.79 Å². The van der Waals surface area contributed by atoms with Gasteiger partial charge in [-0.1, -0.05) is 0 Å². The number of nitrogens with one attached hydrogen (secondary N) is 1. The molecule has 14 heavy (non-hydrogen) atoms. The Morgan fingerprint density at radius 2 is 2.36 bits per heavy atom. The van der Waals surface area contributed by atoms with Crippen LogP contribution in [-0.2, 0) is 0 Å². The van der Waals surface area contributed by atoms with Crippen LogP contribution >= 0.6 is 0 Å². The number of nitrogens with two attached hydrogens (primary N) is 1. The highest BCUT2D eigenvalue weighted by atomic mass is 16.5. The summed E-state index contributed by atoms with van der Waals surface area (Å²) < 4.78 is 5.28. The zero-order chi connectivity index (χ0) is 10.7. The van der Waals surface area contributed by atoms with Gasteiger partial charge in [0.15, 0.2) is 0 Å². The third kappa shape index (κ3) is 2.04. The molecule has 78 valence electrons. The van der Waals surface area contributed by atoms with Crippen LogP contribution in [0.2, 0.25) is 0 Å². The van der Waals surface area contributed by atoms with Crippen LogP contribution in [0.15, 0.2) is 16.5 Å². The number of carbonyl (C=O) groups is 1. The lowest BCUT2D eigenvalue weighted by atomic mass is 10.2. The van der Waals surface area contributed by atoms with Gasteiger partial charge in [-0.15, -0.1) is 0 Å². The molecule has 6 nitrogen and oxygen atoms in total. The maximum atomic E-state index is 10.9. The molecule has 0 aromatic carbocycles. The zero-order valence-corrected chi connectivity index (χ0v) is 8.02. The van der Waals surface area contributed by atoms with Crippen LogP contribution in [0.3, 0.4) is 0 Å². The number of hydrazine groups is 1. The molecule has 1 aromatic rings. The smallest absolute Gasteiger partial charge is 0.355 e. The molecule has 0 saturated heterocycles. The van der Waals surface area contributed by atoms with Crippen molar-refractivity contribution >= 4 is 6.03 Å². The van der Waals surface area contributed by atoms with E-state index < -0.39 is 12.1 Å². The Bertz CT molecular complexity index is 323. The molecule has 0 spiro atoms. The minimum Gasteiger partial charge on any atom is -0.464 e. The number of furan rings is 1. The molecule has 0 aliphatic rings. The molecule has 2 amide bonds. The Labute approximate surface area is 81.2 Å². The largest absolute Gasteiger partial charge is 0.464 e. The van der Waals surface area contributed by atoms with E-state index in [0.29, 0.717) is 5.76 Å². The van der Waals surface area contributed by atoms with Crippen LogP contribution in [0.1, 0.15) is 24.5 Å². The first kappa shape index (κ1) is 10.6. The fourth-order valence-electron chi connectivity index (χ4n) is 1.05. The second-order valence-electron chi connectivity index (χ2n) is 2.95. The Balaban J connectivity index is 2.74. The van der Waals surface area contributed by atoms with Gasteiger partial charge in [0.25, 0.3) is 0 Å². The van der Waals surface area contributed by atoms with E-state index in [9.17, 15) is 4.79 Å². The van der Waals surface area contributed by atoms with Gasteiger partial charge in [0.05, 0.1) is 0 Å². The Kier molecular flexibility index (Phi) is 3.10. The van der Waals surface area contributed by atoms with Crippen molar-refractivity contribution in [2.75, 3.05) is 0 Å². The van der Waals surface area contributed by atoms with Gasteiger partial charge < -0.3 is 4.42 Å². The first-order chi connectivity index (χ1) is 6.56. The molecule has 0 aliphatic heterocycles. The summed E-state index contributed by atoms with van der Waals surface area (Å²) in [6.07, 6.45) is 0. The molecule has 0 fully saturated rings. The van der Waals surface area contributed by atoms with Crippen LogP contribution < -0.4 is 11.3 Å². The summed E-state index contributed by atoms with van der Waals surface area (Å²) in [7, 11) is 0. The minimum atomic E-state index is -0.786. The fraction of sp³-hybridized carbons (Fsp3) is 0.375. The van der Waals surface area contributed by atoms with Crippen molar-refractivity contribution in [1.29, 1.82) is 0 Å². The maximum Gasteiger partial charge on any atom is 0.355 e. The Hall–Kier alpha value is -1.53. The topological polar surface area (TPSA) is 91.7 Å². The number of hydrogen-bond donors (Lipinski definition) is 3. The third-order valence-corrected chi connectivity index (χ3v) is 1.92.